The third kappa shape index (κ3) is 4.20. The Labute approximate surface area is 93.4 Å². The van der Waals surface area contributed by atoms with E-state index in [4.69, 9.17) is 0 Å². The SMILES string of the molecule is CC(C)CCN(C)C[C@@H]1CC(=O)N(C)C1. The van der Waals surface area contributed by atoms with Crippen molar-refractivity contribution < 1.29 is 4.79 Å². The number of nitrogens with zero attached hydrogens (tertiary/aromatic N) is 2. The van der Waals surface area contributed by atoms with Crippen LogP contribution in [-0.4, -0.2) is 49.4 Å². The van der Waals surface area contributed by atoms with Crippen molar-refractivity contribution in [2.45, 2.75) is 26.7 Å². The van der Waals surface area contributed by atoms with Gasteiger partial charge in [-0.05, 0) is 31.8 Å². The molecule has 0 aliphatic carbocycles. The molecule has 0 aromatic heterocycles. The average molecular weight is 212 g/mol. The van der Waals surface area contributed by atoms with E-state index in [1.54, 1.807) is 0 Å². The van der Waals surface area contributed by atoms with Crippen molar-refractivity contribution in [2.75, 3.05) is 33.7 Å². The van der Waals surface area contributed by atoms with Gasteiger partial charge in [-0.15, -0.1) is 0 Å². The van der Waals surface area contributed by atoms with Crippen molar-refractivity contribution >= 4 is 5.91 Å². The van der Waals surface area contributed by atoms with Gasteiger partial charge >= 0.3 is 0 Å². The summed E-state index contributed by atoms with van der Waals surface area (Å²) in [7, 11) is 4.06. The summed E-state index contributed by atoms with van der Waals surface area (Å²) in [5.74, 6) is 1.61. The van der Waals surface area contributed by atoms with Gasteiger partial charge in [-0.25, -0.2) is 0 Å². The van der Waals surface area contributed by atoms with Crippen LogP contribution in [0.1, 0.15) is 26.7 Å². The summed E-state index contributed by atoms with van der Waals surface area (Å²) in [6.45, 7) is 7.64. The highest BCUT2D eigenvalue weighted by Crippen LogP contribution is 2.17. The second-order valence-electron chi connectivity index (χ2n) is 5.29. The van der Waals surface area contributed by atoms with E-state index < -0.39 is 0 Å². The van der Waals surface area contributed by atoms with Crippen molar-refractivity contribution in [3.63, 3.8) is 0 Å². The Morgan fingerprint density at radius 2 is 2.20 bits per heavy atom. The monoisotopic (exact) mass is 212 g/mol. The molecule has 1 fully saturated rings. The molecule has 1 saturated heterocycles. The van der Waals surface area contributed by atoms with Crippen molar-refractivity contribution in [2.24, 2.45) is 11.8 Å². The topological polar surface area (TPSA) is 23.6 Å². The molecule has 0 aromatic carbocycles. The number of amides is 1. The van der Waals surface area contributed by atoms with Crippen molar-refractivity contribution in [1.82, 2.24) is 9.80 Å². The zero-order chi connectivity index (χ0) is 11.4. The molecular weight excluding hydrogens is 188 g/mol. The molecular formula is C12H24N2O. The molecule has 1 amide bonds. The molecule has 0 aromatic rings. The zero-order valence-corrected chi connectivity index (χ0v) is 10.5. The summed E-state index contributed by atoms with van der Waals surface area (Å²) >= 11 is 0. The van der Waals surface area contributed by atoms with Gasteiger partial charge in [0.15, 0.2) is 0 Å². The van der Waals surface area contributed by atoms with Crippen LogP contribution in [0.25, 0.3) is 0 Å². The molecule has 0 bridgehead atoms. The number of hydrogen-bond donors (Lipinski definition) is 0. The van der Waals surface area contributed by atoms with E-state index >= 15 is 0 Å². The van der Waals surface area contributed by atoms with Crippen LogP contribution in [0.15, 0.2) is 0 Å². The maximum absolute atomic E-state index is 11.3. The Morgan fingerprint density at radius 1 is 1.53 bits per heavy atom. The average Bonchev–Trinajstić information content (AvgIpc) is 2.42. The number of carbonyl (C=O) groups excluding carboxylic acids is 1. The Balaban J connectivity index is 2.21. The fourth-order valence-electron chi connectivity index (χ4n) is 2.09. The van der Waals surface area contributed by atoms with Crippen LogP contribution in [0.3, 0.4) is 0 Å². The summed E-state index contributed by atoms with van der Waals surface area (Å²) in [6, 6.07) is 0. The van der Waals surface area contributed by atoms with Gasteiger partial charge in [0.25, 0.3) is 0 Å². The fraction of sp³-hybridized carbons (Fsp3) is 0.917. The largest absolute Gasteiger partial charge is 0.345 e. The highest BCUT2D eigenvalue weighted by Gasteiger charge is 2.27. The fourth-order valence-corrected chi connectivity index (χ4v) is 2.09. The predicted molar refractivity (Wildman–Crippen MR) is 62.7 cm³/mol. The van der Waals surface area contributed by atoms with Crippen LogP contribution in [0.4, 0.5) is 0 Å². The molecule has 0 N–H and O–H groups in total. The molecule has 0 spiro atoms. The van der Waals surface area contributed by atoms with Crippen LogP contribution in [0.5, 0.6) is 0 Å². The molecule has 3 nitrogen and oxygen atoms in total. The summed E-state index contributed by atoms with van der Waals surface area (Å²) in [6.07, 6.45) is 1.98. The molecule has 1 heterocycles. The van der Waals surface area contributed by atoms with Gasteiger partial charge in [0.1, 0.15) is 0 Å². The van der Waals surface area contributed by atoms with Gasteiger partial charge in [-0.2, -0.15) is 0 Å². The lowest BCUT2D eigenvalue weighted by atomic mass is 10.1. The van der Waals surface area contributed by atoms with Gasteiger partial charge in [0.05, 0.1) is 0 Å². The van der Waals surface area contributed by atoms with E-state index in [-0.39, 0.29) is 0 Å². The molecule has 3 heteroatoms. The Morgan fingerprint density at radius 3 is 2.67 bits per heavy atom. The first-order valence-electron chi connectivity index (χ1n) is 5.91. The van der Waals surface area contributed by atoms with E-state index in [0.717, 1.165) is 32.0 Å². The molecule has 0 unspecified atom stereocenters. The summed E-state index contributed by atoms with van der Waals surface area (Å²) in [5.41, 5.74) is 0. The second-order valence-corrected chi connectivity index (χ2v) is 5.29. The van der Waals surface area contributed by atoms with Gasteiger partial charge in [0, 0.05) is 26.6 Å². The quantitative estimate of drug-likeness (QED) is 0.688. The Hall–Kier alpha value is -0.570. The first kappa shape index (κ1) is 12.5. The Bertz CT molecular complexity index is 216. The minimum atomic E-state index is 0.303. The van der Waals surface area contributed by atoms with Gasteiger partial charge in [-0.1, -0.05) is 13.8 Å². The maximum atomic E-state index is 11.3. The molecule has 88 valence electrons. The van der Waals surface area contributed by atoms with E-state index in [9.17, 15) is 4.79 Å². The highest BCUT2D eigenvalue weighted by molar-refractivity contribution is 5.78. The van der Waals surface area contributed by atoms with Crippen LogP contribution in [0.2, 0.25) is 0 Å². The molecule has 1 aliphatic rings. The third-order valence-electron chi connectivity index (χ3n) is 3.08. The van der Waals surface area contributed by atoms with E-state index in [2.05, 4.69) is 25.8 Å². The second kappa shape index (κ2) is 5.50. The van der Waals surface area contributed by atoms with Crippen LogP contribution >= 0.6 is 0 Å². The lowest BCUT2D eigenvalue weighted by Gasteiger charge is -2.21. The maximum Gasteiger partial charge on any atom is 0.222 e. The van der Waals surface area contributed by atoms with E-state index in [0.29, 0.717) is 11.8 Å². The first-order chi connectivity index (χ1) is 6.99. The summed E-state index contributed by atoms with van der Waals surface area (Å²) < 4.78 is 0. The molecule has 1 rings (SSSR count). The highest BCUT2D eigenvalue weighted by atomic mass is 16.2. The first-order valence-corrected chi connectivity index (χ1v) is 5.91. The molecule has 0 saturated carbocycles. The normalized spacial score (nSPS) is 22.1. The minimum absolute atomic E-state index is 0.303. The van der Waals surface area contributed by atoms with Crippen molar-refractivity contribution in [3.05, 3.63) is 0 Å². The lowest BCUT2D eigenvalue weighted by molar-refractivity contribution is -0.126. The number of rotatable bonds is 5. The van der Waals surface area contributed by atoms with Gasteiger partial charge in [0.2, 0.25) is 5.91 Å². The molecule has 0 radical (unpaired) electrons. The van der Waals surface area contributed by atoms with E-state index in [1.807, 2.05) is 11.9 Å². The third-order valence-corrected chi connectivity index (χ3v) is 3.08. The smallest absolute Gasteiger partial charge is 0.222 e. The molecule has 15 heavy (non-hydrogen) atoms. The number of carbonyl (C=O) groups is 1. The number of hydrogen-bond acceptors (Lipinski definition) is 2. The van der Waals surface area contributed by atoms with Gasteiger partial charge in [-0.3, -0.25) is 4.79 Å². The standard InChI is InChI=1S/C12H24N2O/c1-10(2)5-6-13(3)8-11-7-12(15)14(4)9-11/h10-11H,5-9H2,1-4H3/t11-/m0/s1. The van der Waals surface area contributed by atoms with E-state index in [1.165, 1.54) is 6.42 Å². The minimum Gasteiger partial charge on any atom is -0.345 e. The van der Waals surface area contributed by atoms with Crippen molar-refractivity contribution in [3.8, 4) is 0 Å². The summed E-state index contributed by atoms with van der Waals surface area (Å²) in [5, 5.41) is 0. The number of likely N-dealkylation sites (tertiary alicyclic amines) is 1. The zero-order valence-electron chi connectivity index (χ0n) is 10.5. The molecule has 1 aliphatic heterocycles. The Kier molecular flexibility index (Phi) is 4.58. The van der Waals surface area contributed by atoms with Crippen LogP contribution < -0.4 is 0 Å². The molecule has 1 atom stereocenters. The van der Waals surface area contributed by atoms with Crippen molar-refractivity contribution in [1.29, 1.82) is 0 Å². The van der Waals surface area contributed by atoms with Gasteiger partial charge < -0.3 is 9.80 Å². The van der Waals surface area contributed by atoms with Crippen LogP contribution in [-0.2, 0) is 4.79 Å². The lowest BCUT2D eigenvalue weighted by Crippen LogP contribution is -2.28. The predicted octanol–water partition coefficient (Wildman–Crippen LogP) is 1.44. The van der Waals surface area contributed by atoms with Crippen LogP contribution in [0, 0.1) is 11.8 Å². The summed E-state index contributed by atoms with van der Waals surface area (Å²) in [4.78, 5) is 15.5.